The topological polar surface area (TPSA) is 27.7 Å². The van der Waals surface area contributed by atoms with E-state index < -0.39 is 0 Å². The van der Waals surface area contributed by atoms with Gasteiger partial charge in [0.05, 0.1) is 19.6 Å². The second-order valence-corrected chi connectivity index (χ2v) is 3.54. The first kappa shape index (κ1) is 13.1. The van der Waals surface area contributed by atoms with Crippen molar-refractivity contribution in [2.45, 2.75) is 12.3 Å². The molecule has 0 unspecified atom stereocenters. The molecular weight excluding hydrogens is 228 g/mol. The van der Waals surface area contributed by atoms with Crippen molar-refractivity contribution in [1.82, 2.24) is 0 Å². The monoisotopic (exact) mass is 244 g/mol. The first-order chi connectivity index (χ1) is 7.83. The molecule has 1 aromatic carbocycles. The fourth-order valence-corrected chi connectivity index (χ4v) is 1.58. The molecule has 0 aliphatic heterocycles. The molecule has 0 saturated heterocycles. The smallest absolute Gasteiger partial charge is 0.165 e. The largest absolute Gasteiger partial charge is 0.493 e. The minimum Gasteiger partial charge on any atom is -0.493 e. The number of rotatable bonds is 7. The summed E-state index contributed by atoms with van der Waals surface area (Å²) >= 11 is 5.84. The van der Waals surface area contributed by atoms with Crippen molar-refractivity contribution in [2.75, 3.05) is 27.4 Å². The van der Waals surface area contributed by atoms with E-state index in [9.17, 15) is 0 Å². The van der Waals surface area contributed by atoms with Crippen molar-refractivity contribution in [2.24, 2.45) is 0 Å². The van der Waals surface area contributed by atoms with Crippen LogP contribution in [-0.2, 0) is 10.6 Å². The predicted octanol–water partition coefficient (Wildman–Crippen LogP) is 2.85. The number of ether oxygens (including phenoxy) is 3. The SMILES string of the molecule is COCCCOc1c(CCl)cccc1OC. The van der Waals surface area contributed by atoms with E-state index in [0.29, 0.717) is 19.1 Å². The van der Waals surface area contributed by atoms with E-state index in [1.165, 1.54) is 0 Å². The lowest BCUT2D eigenvalue weighted by molar-refractivity contribution is 0.170. The maximum Gasteiger partial charge on any atom is 0.165 e. The van der Waals surface area contributed by atoms with Crippen molar-refractivity contribution in [1.29, 1.82) is 0 Å². The van der Waals surface area contributed by atoms with Crippen LogP contribution in [-0.4, -0.2) is 27.4 Å². The van der Waals surface area contributed by atoms with E-state index in [1.54, 1.807) is 14.2 Å². The molecule has 0 heterocycles. The summed E-state index contributed by atoms with van der Waals surface area (Å²) in [4.78, 5) is 0. The average molecular weight is 245 g/mol. The highest BCUT2D eigenvalue weighted by Crippen LogP contribution is 2.32. The first-order valence-corrected chi connectivity index (χ1v) is 5.70. The Labute approximate surface area is 101 Å². The zero-order valence-corrected chi connectivity index (χ0v) is 10.4. The van der Waals surface area contributed by atoms with Gasteiger partial charge in [0.1, 0.15) is 0 Å². The minimum atomic E-state index is 0.414. The van der Waals surface area contributed by atoms with Crippen molar-refractivity contribution < 1.29 is 14.2 Å². The molecule has 1 rings (SSSR count). The van der Waals surface area contributed by atoms with Gasteiger partial charge in [0.25, 0.3) is 0 Å². The lowest BCUT2D eigenvalue weighted by Gasteiger charge is -2.13. The molecule has 0 aromatic heterocycles. The van der Waals surface area contributed by atoms with Gasteiger partial charge in [-0.25, -0.2) is 0 Å². The highest BCUT2D eigenvalue weighted by molar-refractivity contribution is 6.17. The van der Waals surface area contributed by atoms with Gasteiger partial charge in [-0.05, 0) is 6.07 Å². The summed E-state index contributed by atoms with van der Waals surface area (Å²) in [5.41, 5.74) is 0.943. The average Bonchev–Trinajstić information content (AvgIpc) is 2.34. The van der Waals surface area contributed by atoms with Crippen molar-refractivity contribution in [3.05, 3.63) is 23.8 Å². The number of para-hydroxylation sites is 1. The van der Waals surface area contributed by atoms with Gasteiger partial charge in [0, 0.05) is 25.7 Å². The lowest BCUT2D eigenvalue weighted by atomic mass is 10.2. The van der Waals surface area contributed by atoms with Crippen LogP contribution in [0.1, 0.15) is 12.0 Å². The predicted molar refractivity (Wildman–Crippen MR) is 64.5 cm³/mol. The molecule has 0 atom stereocenters. The second-order valence-electron chi connectivity index (χ2n) is 3.28. The zero-order chi connectivity index (χ0) is 11.8. The van der Waals surface area contributed by atoms with Gasteiger partial charge in [-0.2, -0.15) is 0 Å². The van der Waals surface area contributed by atoms with E-state index in [4.69, 9.17) is 25.8 Å². The fraction of sp³-hybridized carbons (Fsp3) is 0.500. The Balaban J connectivity index is 2.67. The molecule has 0 aliphatic rings. The Morgan fingerprint density at radius 2 is 2.00 bits per heavy atom. The molecule has 1 aromatic rings. The summed E-state index contributed by atoms with van der Waals surface area (Å²) in [7, 11) is 3.29. The van der Waals surface area contributed by atoms with Crippen LogP contribution >= 0.6 is 11.6 Å². The Bertz CT molecular complexity index is 293. The molecule has 4 heteroatoms. The number of hydrogen-bond acceptors (Lipinski definition) is 3. The maximum absolute atomic E-state index is 5.84. The van der Waals surface area contributed by atoms with Crippen molar-refractivity contribution in [3.63, 3.8) is 0 Å². The summed E-state index contributed by atoms with van der Waals surface area (Å²) < 4.78 is 15.8. The number of benzene rings is 1. The molecule has 0 N–H and O–H groups in total. The Morgan fingerprint density at radius 1 is 1.19 bits per heavy atom. The molecule has 0 radical (unpaired) electrons. The van der Waals surface area contributed by atoms with E-state index in [-0.39, 0.29) is 0 Å². The minimum absolute atomic E-state index is 0.414. The molecule has 90 valence electrons. The van der Waals surface area contributed by atoms with Crippen LogP contribution in [0.15, 0.2) is 18.2 Å². The van der Waals surface area contributed by atoms with Crippen LogP contribution in [0.5, 0.6) is 11.5 Å². The molecule has 0 saturated carbocycles. The van der Waals surface area contributed by atoms with E-state index in [1.807, 2.05) is 18.2 Å². The van der Waals surface area contributed by atoms with Gasteiger partial charge in [-0.1, -0.05) is 12.1 Å². The van der Waals surface area contributed by atoms with Gasteiger partial charge < -0.3 is 14.2 Å². The molecule has 3 nitrogen and oxygen atoms in total. The highest BCUT2D eigenvalue weighted by atomic mass is 35.5. The number of halogens is 1. The molecular formula is C12H17ClO3. The van der Waals surface area contributed by atoms with Gasteiger partial charge in [-0.3, -0.25) is 0 Å². The summed E-state index contributed by atoms with van der Waals surface area (Å²) in [5.74, 6) is 1.86. The summed E-state index contributed by atoms with van der Waals surface area (Å²) in [6, 6.07) is 5.70. The fourth-order valence-electron chi connectivity index (χ4n) is 1.37. The number of methoxy groups -OCH3 is 2. The van der Waals surface area contributed by atoms with Crippen molar-refractivity contribution in [3.8, 4) is 11.5 Å². The lowest BCUT2D eigenvalue weighted by Crippen LogP contribution is -2.04. The highest BCUT2D eigenvalue weighted by Gasteiger charge is 2.09. The normalized spacial score (nSPS) is 10.2. The first-order valence-electron chi connectivity index (χ1n) is 5.17. The number of hydrogen-bond donors (Lipinski definition) is 0. The van der Waals surface area contributed by atoms with Gasteiger partial charge >= 0.3 is 0 Å². The standard InChI is InChI=1S/C12H17ClO3/c1-14-7-4-8-16-12-10(9-13)5-3-6-11(12)15-2/h3,5-6H,4,7-9H2,1-2H3. The third-order valence-corrected chi connectivity index (χ3v) is 2.45. The van der Waals surface area contributed by atoms with E-state index in [2.05, 4.69) is 0 Å². The Kier molecular flexibility index (Phi) is 6.04. The number of alkyl halides is 1. The van der Waals surface area contributed by atoms with Gasteiger partial charge in [0.2, 0.25) is 0 Å². The van der Waals surface area contributed by atoms with Gasteiger partial charge in [-0.15, -0.1) is 11.6 Å². The van der Waals surface area contributed by atoms with Crippen molar-refractivity contribution >= 4 is 11.6 Å². The van der Waals surface area contributed by atoms with E-state index in [0.717, 1.165) is 23.5 Å². The van der Waals surface area contributed by atoms with Crippen LogP contribution in [0, 0.1) is 0 Å². The molecule has 0 aliphatic carbocycles. The van der Waals surface area contributed by atoms with Crippen LogP contribution in [0.4, 0.5) is 0 Å². The van der Waals surface area contributed by atoms with Crippen LogP contribution in [0.3, 0.4) is 0 Å². The molecule has 0 spiro atoms. The summed E-state index contributed by atoms with van der Waals surface area (Å²) in [6.07, 6.45) is 0.844. The third-order valence-electron chi connectivity index (χ3n) is 2.16. The Hall–Kier alpha value is -0.930. The quantitative estimate of drug-likeness (QED) is 0.545. The second kappa shape index (κ2) is 7.36. The van der Waals surface area contributed by atoms with Crippen LogP contribution in [0.2, 0.25) is 0 Å². The zero-order valence-electron chi connectivity index (χ0n) is 9.66. The molecule has 0 amide bonds. The molecule has 0 bridgehead atoms. The summed E-state index contributed by atoms with van der Waals surface area (Å²) in [5, 5.41) is 0. The van der Waals surface area contributed by atoms with Crippen LogP contribution in [0.25, 0.3) is 0 Å². The summed E-state index contributed by atoms with van der Waals surface area (Å²) in [6.45, 7) is 1.28. The molecule has 0 fully saturated rings. The van der Waals surface area contributed by atoms with Gasteiger partial charge in [0.15, 0.2) is 11.5 Å². The molecule has 16 heavy (non-hydrogen) atoms. The third kappa shape index (κ3) is 3.58. The van der Waals surface area contributed by atoms with Crippen LogP contribution < -0.4 is 9.47 Å². The van der Waals surface area contributed by atoms with E-state index >= 15 is 0 Å². The maximum atomic E-state index is 5.84. The Morgan fingerprint density at radius 3 is 2.62 bits per heavy atom.